The molecule has 8 heterocycles. The van der Waals surface area contributed by atoms with Gasteiger partial charge in [-0.3, -0.25) is 77.1 Å². The zero-order valence-electron chi connectivity index (χ0n) is 79.8. The lowest BCUT2D eigenvalue weighted by Crippen LogP contribution is -2.61. The van der Waals surface area contributed by atoms with Gasteiger partial charge >= 0.3 is 99.9 Å². The summed E-state index contributed by atoms with van der Waals surface area (Å²) in [7, 11) is -4.91. The van der Waals surface area contributed by atoms with Crippen LogP contribution in [0.3, 0.4) is 0 Å². The number of aliphatic hydroxyl groups is 4. The first kappa shape index (κ1) is 107. The van der Waals surface area contributed by atoms with Crippen molar-refractivity contribution < 1.29 is 136 Å². The van der Waals surface area contributed by atoms with Crippen LogP contribution >= 0.6 is 0 Å². The lowest BCUT2D eigenvalue weighted by atomic mass is 9.64. The highest BCUT2D eigenvalue weighted by Crippen LogP contribution is 2.42. The molecule has 8 aliphatic rings. The number of carbonyl (C=O) groups excluding carboxylic acids is 16. The molecule has 0 saturated carbocycles. The molecule has 4 saturated heterocycles. The number of likely N-dealkylation sites (N-methyl/N-ethyl adjacent to an activating group) is 4. The van der Waals surface area contributed by atoms with Gasteiger partial charge < -0.3 is 100 Å². The minimum absolute atomic E-state index is 0.00130. The zero-order chi connectivity index (χ0) is 102. The number of rotatable bonds is 28. The van der Waals surface area contributed by atoms with Gasteiger partial charge in [-0.05, 0) is 150 Å². The van der Waals surface area contributed by atoms with E-state index in [-0.39, 0.29) is 90.9 Å². The Morgan fingerprint density at radius 1 is 0.307 bits per heavy atom. The minimum Gasteiger partial charge on any atom is -0.536 e. The van der Waals surface area contributed by atoms with Crippen LogP contribution in [0, 0.1) is 27.7 Å². The Hall–Kier alpha value is -13.2. The van der Waals surface area contributed by atoms with E-state index in [4.69, 9.17) is 18.6 Å². The van der Waals surface area contributed by atoms with Gasteiger partial charge in [0.15, 0.2) is 23.1 Å². The fourth-order valence-electron chi connectivity index (χ4n) is 17.9. The molecule has 0 radical (unpaired) electrons. The fourth-order valence-corrected chi connectivity index (χ4v) is 17.9. The lowest BCUT2D eigenvalue weighted by Gasteiger charge is -2.34. The van der Waals surface area contributed by atoms with Crippen molar-refractivity contribution in [2.45, 2.75) is 205 Å². The molecule has 140 heavy (non-hydrogen) atoms. The number of urea groups is 4. The summed E-state index contributed by atoms with van der Waals surface area (Å²) in [5.41, 5.74) is 7.72. The first-order chi connectivity index (χ1) is 66.8. The molecule has 0 bridgehead atoms. The highest BCUT2D eigenvalue weighted by molar-refractivity contribution is 6.49. The zero-order valence-corrected chi connectivity index (χ0v) is 79.8. The summed E-state index contributed by atoms with van der Waals surface area (Å²) in [6, 6.07) is 30.0. The molecule has 14 rings (SSSR count). The standard InChI is InChI=1S/2C26H30BN3O7.2C22H30BN3O7/c2*1-3-29-12-13-30(25(34)24(29)33)26(35)28-21(22(32)17-9-5-4-6-10-17)20(31)15-19-14-18-11-7-8-16(2)23(18)37-27(19)36;2*1-4-16(27)18(24-22(31)26-10-9-25(5-2)20(29)21(26)30)17(28)12-15-11-14-8-6-7-13(3)19(14)33-23(15)32/h2*4-11,19,21-22,32,36H,3,12-15H2,1-2H3,(H,28,35);2*6-8,15-16,18,27,32H,4-5,9-12H2,1-3H3,(H,24,31)/t19-,21+,22?;19-,21-,22?;15-,16?,18+;15-,16?,18-/m1111/s1. The maximum absolute atomic E-state index is 13.5. The number of ketones is 4. The second kappa shape index (κ2) is 48.6. The molecule has 744 valence electrons. The van der Waals surface area contributed by atoms with Crippen molar-refractivity contribution in [1.82, 2.24) is 60.5 Å². The fraction of sp³-hybridized carbons (Fsp3) is 0.458. The number of hydrogen-bond acceptors (Lipinski definition) is 28. The summed E-state index contributed by atoms with van der Waals surface area (Å²) in [4.78, 5) is 211. The van der Waals surface area contributed by atoms with Gasteiger partial charge in [0, 0.05) is 127 Å². The molecule has 12 N–H and O–H groups in total. The molecule has 6 aromatic rings. The summed E-state index contributed by atoms with van der Waals surface area (Å²) in [6.45, 7) is 19.8. The van der Waals surface area contributed by atoms with E-state index in [2.05, 4.69) is 21.3 Å². The third kappa shape index (κ3) is 25.3. The quantitative estimate of drug-likeness (QED) is 0.0248. The average molecular weight is 1930 g/mol. The van der Waals surface area contributed by atoms with E-state index in [1.54, 1.807) is 102 Å². The maximum atomic E-state index is 13.5. The van der Waals surface area contributed by atoms with Gasteiger partial charge in [-0.15, -0.1) is 0 Å². The predicted molar refractivity (Wildman–Crippen MR) is 508 cm³/mol. The molecule has 8 aliphatic heterocycles. The SMILES string of the molecule is CCC(O)[C@@H](NC(=O)N1CCN(CC)C(=O)C1=O)C(=O)C[C@H]1Cc2cccc(C)c2OB1O.CCC(O)[C@H](NC(=O)N1CCN(CC)C(=O)C1=O)C(=O)C[C@H]1Cc2cccc(C)c2OB1O.CCN1CCN(C(=O)N[C@@H](C(=O)C[C@H]2Cc3cccc(C)c3OB2O)C(O)c2ccccc2)C(=O)C1=O.CCN1CCN(C(=O)N[C@H](C(=O)C[C@H]2Cc3cccc(C)c3OB2O)C(O)c2ccccc2)C(=O)C1=O. The number of aryl methyl sites for hydroxylation is 4. The van der Waals surface area contributed by atoms with Crippen LogP contribution in [-0.4, -0.2) is 318 Å². The number of amides is 16. The van der Waals surface area contributed by atoms with Crippen molar-refractivity contribution in [1.29, 1.82) is 0 Å². The summed E-state index contributed by atoms with van der Waals surface area (Å²) in [5, 5.41) is 94.9. The third-order valence-electron chi connectivity index (χ3n) is 26.3. The number of benzene rings is 6. The number of nitrogens with one attached hydrogen (secondary N) is 4. The normalized spacial score (nSPS) is 19.6. The molecule has 0 spiro atoms. The van der Waals surface area contributed by atoms with Crippen LogP contribution < -0.4 is 39.9 Å². The van der Waals surface area contributed by atoms with E-state index in [9.17, 15) is 117 Å². The van der Waals surface area contributed by atoms with Crippen molar-refractivity contribution in [2.24, 2.45) is 0 Å². The highest BCUT2D eigenvalue weighted by Gasteiger charge is 2.49. The molecule has 16 amide bonds. The largest absolute Gasteiger partial charge is 0.536 e. The Morgan fingerprint density at radius 3 is 0.736 bits per heavy atom. The van der Waals surface area contributed by atoms with Crippen molar-refractivity contribution in [2.75, 3.05) is 78.5 Å². The summed E-state index contributed by atoms with van der Waals surface area (Å²) >= 11 is 0. The predicted octanol–water partition coefficient (Wildman–Crippen LogP) is 3.04. The number of nitrogens with zero attached hydrogens (tertiary/aromatic N) is 8. The van der Waals surface area contributed by atoms with E-state index in [1.807, 2.05) is 100 Å². The number of imide groups is 4. The topological polar surface area (TPSA) is 546 Å². The highest BCUT2D eigenvalue weighted by atomic mass is 16.5. The Morgan fingerprint density at radius 2 is 0.521 bits per heavy atom. The monoisotopic (exact) mass is 1930 g/mol. The van der Waals surface area contributed by atoms with Gasteiger partial charge in [-0.1, -0.05) is 147 Å². The number of fused-ring (bicyclic) bond motifs is 4. The average Bonchev–Trinajstić information content (AvgIpc) is 0.789. The molecule has 0 aliphatic carbocycles. The van der Waals surface area contributed by atoms with Gasteiger partial charge in [-0.2, -0.15) is 0 Å². The second-order valence-electron chi connectivity index (χ2n) is 35.6. The van der Waals surface area contributed by atoms with Crippen molar-refractivity contribution in [3.63, 3.8) is 0 Å². The minimum atomic E-state index is -1.42. The molecule has 4 unspecified atom stereocenters. The lowest BCUT2D eigenvalue weighted by molar-refractivity contribution is -0.153. The van der Waals surface area contributed by atoms with Crippen LogP contribution in [-0.2, 0) is 83.2 Å². The van der Waals surface area contributed by atoms with Crippen LogP contribution in [0.1, 0.15) is 148 Å². The van der Waals surface area contributed by atoms with Gasteiger partial charge in [0.05, 0.1) is 12.2 Å². The van der Waals surface area contributed by atoms with Crippen LogP contribution in [0.2, 0.25) is 23.3 Å². The summed E-state index contributed by atoms with van der Waals surface area (Å²) in [5.74, 6) is -9.14. The summed E-state index contributed by atoms with van der Waals surface area (Å²) in [6.07, 6.45) is -4.00. The number of carbonyl (C=O) groups is 16. The van der Waals surface area contributed by atoms with Crippen molar-refractivity contribution in [3.05, 3.63) is 189 Å². The van der Waals surface area contributed by atoms with E-state index < -0.39 is 195 Å². The summed E-state index contributed by atoms with van der Waals surface area (Å²) < 4.78 is 22.6. The van der Waals surface area contributed by atoms with Gasteiger partial charge in [0.25, 0.3) is 0 Å². The molecule has 4 fully saturated rings. The van der Waals surface area contributed by atoms with Crippen LogP contribution in [0.15, 0.2) is 133 Å². The van der Waals surface area contributed by atoms with Crippen LogP contribution in [0.25, 0.3) is 0 Å². The third-order valence-corrected chi connectivity index (χ3v) is 26.3. The number of Topliss-reactive ketones (excluding diaryl/α,β-unsaturated/α-hetero) is 4. The van der Waals surface area contributed by atoms with E-state index >= 15 is 0 Å². The van der Waals surface area contributed by atoms with E-state index in [1.165, 1.54) is 19.6 Å². The smallest absolute Gasteiger partial charge is 0.526 e. The maximum Gasteiger partial charge on any atom is 0.526 e. The molecule has 0 aromatic heterocycles. The second-order valence-corrected chi connectivity index (χ2v) is 35.6. The van der Waals surface area contributed by atoms with Gasteiger partial charge in [-0.25, -0.2) is 19.2 Å². The number of para-hydroxylation sites is 4. The molecule has 44 heteroatoms. The molecule has 40 nitrogen and oxygen atoms in total. The van der Waals surface area contributed by atoms with Gasteiger partial charge in [0.2, 0.25) is 0 Å². The Kier molecular flexibility index (Phi) is 37.2. The Balaban J connectivity index is 0.000000179. The van der Waals surface area contributed by atoms with Crippen LogP contribution in [0.4, 0.5) is 19.2 Å². The molecular formula is C96H120B4N12O28. The first-order valence-corrected chi connectivity index (χ1v) is 47.1. The Bertz CT molecular complexity index is 5260. The van der Waals surface area contributed by atoms with E-state index in [0.29, 0.717) is 86.0 Å². The molecular weight excluding hydrogens is 1810 g/mol. The van der Waals surface area contributed by atoms with Crippen molar-refractivity contribution in [3.8, 4) is 23.0 Å². The van der Waals surface area contributed by atoms with Crippen molar-refractivity contribution >= 4 is 123 Å². The molecule has 6 aromatic carbocycles. The van der Waals surface area contributed by atoms with Crippen LogP contribution in [0.5, 0.6) is 23.0 Å². The number of piperazine rings is 4. The molecule has 12 atom stereocenters. The van der Waals surface area contributed by atoms with E-state index in [0.717, 1.165) is 64.1 Å². The van der Waals surface area contributed by atoms with Gasteiger partial charge in [0.1, 0.15) is 59.4 Å². The number of hydrogen-bond donors (Lipinski definition) is 12. The number of aliphatic hydroxyl groups excluding tert-OH is 4. The Labute approximate surface area is 811 Å². The first-order valence-electron chi connectivity index (χ1n) is 47.1.